The molecule has 1 aromatic rings. The number of phenols is 1. The number of aromatic hydroxyl groups is 1. The molecule has 1 amide bonds. The summed E-state index contributed by atoms with van der Waals surface area (Å²) in [5.41, 5.74) is 0.540. The zero-order valence-corrected chi connectivity index (χ0v) is 11.7. The molecular weight excluding hydrogens is 283 g/mol. The molecule has 0 aromatic heterocycles. The Labute approximate surface area is 121 Å². The molecule has 1 fully saturated rings. The van der Waals surface area contributed by atoms with E-state index in [1.165, 1.54) is 17.0 Å². The molecule has 1 aromatic carbocycles. The number of halogens is 3. The number of rotatable bonds is 2. The first-order chi connectivity index (χ1) is 9.79. The Bertz CT molecular complexity index is 508. The lowest BCUT2D eigenvalue weighted by atomic mass is 9.81. The lowest BCUT2D eigenvalue weighted by Crippen LogP contribution is -2.37. The van der Waals surface area contributed by atoms with Gasteiger partial charge >= 0.3 is 6.18 Å². The summed E-state index contributed by atoms with van der Waals surface area (Å²) < 4.78 is 37.8. The molecule has 0 unspecified atom stereocenters. The summed E-state index contributed by atoms with van der Waals surface area (Å²) in [7, 11) is 1.58. The monoisotopic (exact) mass is 301 g/mol. The normalized spacial score (nSPS) is 22.9. The third-order valence-corrected chi connectivity index (χ3v) is 4.09. The largest absolute Gasteiger partial charge is 0.508 e. The van der Waals surface area contributed by atoms with Crippen LogP contribution < -0.4 is 4.90 Å². The molecule has 0 saturated heterocycles. The van der Waals surface area contributed by atoms with Crippen LogP contribution in [0.25, 0.3) is 0 Å². The summed E-state index contributed by atoms with van der Waals surface area (Å²) in [6.45, 7) is 0. The molecule has 1 saturated carbocycles. The van der Waals surface area contributed by atoms with E-state index < -0.39 is 12.1 Å². The third kappa shape index (κ3) is 3.68. The van der Waals surface area contributed by atoms with Crippen LogP contribution in [-0.4, -0.2) is 24.2 Å². The molecule has 0 bridgehead atoms. The Morgan fingerprint density at radius 3 is 2.38 bits per heavy atom. The number of carbonyl (C=O) groups excluding carboxylic acids is 1. The minimum atomic E-state index is -4.16. The van der Waals surface area contributed by atoms with E-state index in [9.17, 15) is 23.1 Å². The van der Waals surface area contributed by atoms with Crippen molar-refractivity contribution in [1.82, 2.24) is 0 Å². The number of amides is 1. The first-order valence-corrected chi connectivity index (χ1v) is 6.92. The second-order valence-electron chi connectivity index (χ2n) is 5.51. The predicted molar refractivity (Wildman–Crippen MR) is 73.0 cm³/mol. The summed E-state index contributed by atoms with van der Waals surface area (Å²) in [5.74, 6) is -1.81. The van der Waals surface area contributed by atoms with Crippen molar-refractivity contribution < 1.29 is 23.1 Å². The summed E-state index contributed by atoms with van der Waals surface area (Å²) in [4.78, 5) is 13.7. The highest BCUT2D eigenvalue weighted by Gasteiger charge is 2.42. The van der Waals surface area contributed by atoms with E-state index in [1.807, 2.05) is 0 Å². The highest BCUT2D eigenvalue weighted by atomic mass is 19.4. The molecule has 21 heavy (non-hydrogen) atoms. The van der Waals surface area contributed by atoms with E-state index in [0.29, 0.717) is 5.69 Å². The van der Waals surface area contributed by atoms with Gasteiger partial charge in [-0.2, -0.15) is 13.2 Å². The van der Waals surface area contributed by atoms with Gasteiger partial charge in [0.15, 0.2) is 0 Å². The second-order valence-corrected chi connectivity index (χ2v) is 5.51. The van der Waals surface area contributed by atoms with E-state index >= 15 is 0 Å². The quantitative estimate of drug-likeness (QED) is 0.904. The fourth-order valence-electron chi connectivity index (χ4n) is 2.77. The SMILES string of the molecule is CN(C(=O)C1CCC(C(F)(F)F)CC1)c1cccc(O)c1. The molecule has 2 rings (SSSR count). The molecule has 0 radical (unpaired) electrons. The number of benzene rings is 1. The highest BCUT2D eigenvalue weighted by molar-refractivity contribution is 5.94. The number of carbonyl (C=O) groups is 1. The first kappa shape index (κ1) is 15.7. The molecule has 0 spiro atoms. The van der Waals surface area contributed by atoms with E-state index in [2.05, 4.69) is 0 Å². The van der Waals surface area contributed by atoms with Crippen molar-refractivity contribution in [3.05, 3.63) is 24.3 Å². The van der Waals surface area contributed by atoms with Crippen LogP contribution >= 0.6 is 0 Å². The zero-order chi connectivity index (χ0) is 15.6. The van der Waals surface area contributed by atoms with Crippen LogP contribution in [0.2, 0.25) is 0 Å². The number of anilines is 1. The molecule has 1 aliphatic rings. The lowest BCUT2D eigenvalue weighted by Gasteiger charge is -2.31. The van der Waals surface area contributed by atoms with Gasteiger partial charge in [-0.15, -0.1) is 0 Å². The van der Waals surface area contributed by atoms with Crippen LogP contribution in [0.4, 0.5) is 18.9 Å². The van der Waals surface area contributed by atoms with Crippen molar-refractivity contribution in [2.24, 2.45) is 11.8 Å². The van der Waals surface area contributed by atoms with Crippen LogP contribution in [0.5, 0.6) is 5.75 Å². The fourth-order valence-corrected chi connectivity index (χ4v) is 2.77. The number of nitrogens with zero attached hydrogens (tertiary/aromatic N) is 1. The van der Waals surface area contributed by atoms with Gasteiger partial charge < -0.3 is 10.0 Å². The maximum absolute atomic E-state index is 12.6. The molecule has 1 N–H and O–H groups in total. The predicted octanol–water partition coefficient (Wildman–Crippen LogP) is 3.72. The summed E-state index contributed by atoms with van der Waals surface area (Å²) in [6, 6.07) is 6.25. The van der Waals surface area contributed by atoms with Crippen molar-refractivity contribution in [2.45, 2.75) is 31.9 Å². The molecule has 116 valence electrons. The summed E-state index contributed by atoms with van der Waals surface area (Å²) >= 11 is 0. The molecule has 0 aliphatic heterocycles. The van der Waals surface area contributed by atoms with Crippen LogP contribution in [0, 0.1) is 11.8 Å². The number of phenolic OH excluding ortho intramolecular Hbond substituents is 1. The standard InChI is InChI=1S/C15H18F3NO2/c1-19(12-3-2-4-13(20)9-12)14(21)10-5-7-11(8-6-10)15(16,17)18/h2-4,9-11,20H,5-8H2,1H3. The van der Waals surface area contributed by atoms with Crippen molar-refractivity contribution in [3.63, 3.8) is 0 Å². The average Bonchev–Trinajstić information content (AvgIpc) is 2.45. The fraction of sp³-hybridized carbons (Fsp3) is 0.533. The van der Waals surface area contributed by atoms with Gasteiger partial charge in [0.1, 0.15) is 5.75 Å². The van der Waals surface area contributed by atoms with Gasteiger partial charge in [-0.1, -0.05) is 6.07 Å². The molecule has 0 atom stereocenters. The minimum Gasteiger partial charge on any atom is -0.508 e. The Kier molecular flexibility index (Phi) is 4.44. The Morgan fingerprint density at radius 1 is 1.24 bits per heavy atom. The van der Waals surface area contributed by atoms with E-state index in [-0.39, 0.29) is 43.3 Å². The second kappa shape index (κ2) is 5.95. The maximum atomic E-state index is 12.6. The van der Waals surface area contributed by atoms with Crippen molar-refractivity contribution in [3.8, 4) is 5.75 Å². The number of hydrogen-bond donors (Lipinski definition) is 1. The Hall–Kier alpha value is -1.72. The average molecular weight is 301 g/mol. The van der Waals surface area contributed by atoms with Crippen LogP contribution in [0.1, 0.15) is 25.7 Å². The van der Waals surface area contributed by atoms with Gasteiger partial charge in [0, 0.05) is 24.7 Å². The minimum absolute atomic E-state index is 0.00772. The number of hydrogen-bond acceptors (Lipinski definition) is 2. The van der Waals surface area contributed by atoms with Crippen molar-refractivity contribution in [2.75, 3.05) is 11.9 Å². The van der Waals surface area contributed by atoms with E-state index in [4.69, 9.17) is 0 Å². The molecule has 0 heterocycles. The summed E-state index contributed by atoms with van der Waals surface area (Å²) in [6.07, 6.45) is -3.63. The van der Waals surface area contributed by atoms with Gasteiger partial charge in [0.25, 0.3) is 0 Å². The van der Waals surface area contributed by atoms with Crippen molar-refractivity contribution >= 4 is 11.6 Å². The maximum Gasteiger partial charge on any atom is 0.391 e. The highest BCUT2D eigenvalue weighted by Crippen LogP contribution is 2.40. The summed E-state index contributed by atoms with van der Waals surface area (Å²) in [5, 5.41) is 9.42. The van der Waals surface area contributed by atoms with Crippen LogP contribution in [0.15, 0.2) is 24.3 Å². The van der Waals surface area contributed by atoms with Gasteiger partial charge in [0.2, 0.25) is 5.91 Å². The van der Waals surface area contributed by atoms with Crippen LogP contribution in [0.3, 0.4) is 0 Å². The number of alkyl halides is 3. The van der Waals surface area contributed by atoms with Crippen molar-refractivity contribution in [1.29, 1.82) is 0 Å². The first-order valence-electron chi connectivity index (χ1n) is 6.92. The van der Waals surface area contributed by atoms with Gasteiger partial charge in [-0.05, 0) is 37.8 Å². The topological polar surface area (TPSA) is 40.5 Å². The van der Waals surface area contributed by atoms with E-state index in [1.54, 1.807) is 19.2 Å². The van der Waals surface area contributed by atoms with Gasteiger partial charge in [-0.25, -0.2) is 0 Å². The Morgan fingerprint density at radius 2 is 1.86 bits per heavy atom. The molecule has 6 heteroatoms. The third-order valence-electron chi connectivity index (χ3n) is 4.09. The van der Waals surface area contributed by atoms with Crippen LogP contribution in [-0.2, 0) is 4.79 Å². The lowest BCUT2D eigenvalue weighted by molar-refractivity contribution is -0.184. The van der Waals surface area contributed by atoms with E-state index in [0.717, 1.165) is 0 Å². The smallest absolute Gasteiger partial charge is 0.391 e. The molecular formula is C15H18F3NO2. The Balaban J connectivity index is 1.99. The molecule has 3 nitrogen and oxygen atoms in total. The zero-order valence-electron chi connectivity index (χ0n) is 11.7. The molecule has 1 aliphatic carbocycles. The van der Waals surface area contributed by atoms with Gasteiger partial charge in [0.05, 0.1) is 5.92 Å². The van der Waals surface area contributed by atoms with Gasteiger partial charge in [-0.3, -0.25) is 4.79 Å².